The fraction of sp³-hybridized carbons (Fsp3) is 0.537. The van der Waals surface area contributed by atoms with Gasteiger partial charge in [-0.15, -0.1) is 6.58 Å². The zero-order valence-electron chi connectivity index (χ0n) is 32.4. The summed E-state index contributed by atoms with van der Waals surface area (Å²) in [7, 11) is 1.56. The number of aromatic nitrogens is 1. The van der Waals surface area contributed by atoms with Crippen molar-refractivity contribution < 1.29 is 33.4 Å². The number of allylic oxidation sites excluding steroid dienone is 1. The Balaban J connectivity index is 1.82. The average molecular weight is 734 g/mol. The normalized spacial score (nSPS) is 17.2. The second-order valence-corrected chi connectivity index (χ2v) is 14.4. The van der Waals surface area contributed by atoms with E-state index in [2.05, 4.69) is 48.0 Å². The van der Waals surface area contributed by atoms with Gasteiger partial charge < -0.3 is 24.8 Å². The SMILES string of the molecule is C=CCC[C@@H](OC)C(C)C(=O)N[C@H](C(=O)N[C@@H](Cc1cccc(OC(C)C(C)C)c1)C(=O)N1CCCC(C(=O)OCc2ccnc(C=C)c2)N1)C(C)C. The summed E-state index contributed by atoms with van der Waals surface area (Å²) in [6, 6.07) is 8.26. The third-order valence-corrected chi connectivity index (χ3v) is 9.56. The maximum absolute atomic E-state index is 14.3. The quantitative estimate of drug-likeness (QED) is 0.124. The van der Waals surface area contributed by atoms with Crippen LogP contribution in [0.15, 0.2) is 61.8 Å². The third kappa shape index (κ3) is 13.1. The number of carbonyl (C=O) groups is 4. The first kappa shape index (κ1) is 42.9. The van der Waals surface area contributed by atoms with E-state index < -0.39 is 41.8 Å². The highest BCUT2D eigenvalue weighted by Crippen LogP contribution is 2.21. The number of hydrazine groups is 1. The number of nitrogens with one attached hydrogen (secondary N) is 3. The molecule has 12 nitrogen and oxygen atoms in total. The second kappa shape index (κ2) is 21.2. The molecule has 3 amide bonds. The number of nitrogens with zero attached hydrogens (tertiary/aromatic N) is 2. The minimum atomic E-state index is -1.04. The van der Waals surface area contributed by atoms with E-state index in [4.69, 9.17) is 14.2 Å². The lowest BCUT2D eigenvalue weighted by molar-refractivity contribution is -0.154. The molecule has 0 radical (unpaired) electrons. The number of carbonyl (C=O) groups excluding carboxylic acids is 4. The molecule has 0 saturated carbocycles. The Morgan fingerprint density at radius 1 is 1.00 bits per heavy atom. The molecule has 1 aromatic heterocycles. The Bertz CT molecular complexity index is 1550. The molecule has 0 spiro atoms. The summed E-state index contributed by atoms with van der Waals surface area (Å²) in [6.07, 6.45) is 7.06. The summed E-state index contributed by atoms with van der Waals surface area (Å²) >= 11 is 0. The van der Waals surface area contributed by atoms with Gasteiger partial charge in [-0.3, -0.25) is 29.2 Å². The van der Waals surface area contributed by atoms with Gasteiger partial charge in [0.15, 0.2) is 0 Å². The van der Waals surface area contributed by atoms with Crippen LogP contribution in [0.3, 0.4) is 0 Å². The second-order valence-electron chi connectivity index (χ2n) is 14.4. The fourth-order valence-electron chi connectivity index (χ4n) is 5.89. The van der Waals surface area contributed by atoms with Crippen molar-refractivity contribution in [3.63, 3.8) is 0 Å². The van der Waals surface area contributed by atoms with E-state index in [9.17, 15) is 19.2 Å². The van der Waals surface area contributed by atoms with Crippen LogP contribution in [0.2, 0.25) is 0 Å². The molecule has 2 aromatic rings. The van der Waals surface area contributed by atoms with E-state index in [1.807, 2.05) is 45.0 Å². The molecule has 3 N–H and O–H groups in total. The van der Waals surface area contributed by atoms with Crippen LogP contribution >= 0.6 is 0 Å². The maximum atomic E-state index is 14.3. The van der Waals surface area contributed by atoms with Crippen molar-refractivity contribution in [3.8, 4) is 5.75 Å². The number of hydrogen-bond donors (Lipinski definition) is 3. The van der Waals surface area contributed by atoms with Crippen molar-refractivity contribution in [1.29, 1.82) is 0 Å². The number of esters is 1. The first-order valence-corrected chi connectivity index (χ1v) is 18.6. The van der Waals surface area contributed by atoms with E-state index in [0.717, 1.165) is 11.1 Å². The highest BCUT2D eigenvalue weighted by molar-refractivity contribution is 5.93. The average Bonchev–Trinajstić information content (AvgIpc) is 3.15. The highest BCUT2D eigenvalue weighted by Gasteiger charge is 2.36. The summed E-state index contributed by atoms with van der Waals surface area (Å²) < 4.78 is 17.3. The Kier molecular flexibility index (Phi) is 17.2. The van der Waals surface area contributed by atoms with Crippen LogP contribution in [-0.4, -0.2) is 77.7 Å². The predicted octanol–water partition coefficient (Wildman–Crippen LogP) is 5.17. The molecule has 1 aromatic carbocycles. The first-order valence-electron chi connectivity index (χ1n) is 18.6. The van der Waals surface area contributed by atoms with Crippen molar-refractivity contribution in [2.75, 3.05) is 13.7 Å². The van der Waals surface area contributed by atoms with E-state index in [1.54, 1.807) is 44.5 Å². The summed E-state index contributed by atoms with van der Waals surface area (Å²) in [5.41, 5.74) is 5.25. The number of hydrogen-bond acceptors (Lipinski definition) is 9. The third-order valence-electron chi connectivity index (χ3n) is 9.56. The van der Waals surface area contributed by atoms with E-state index in [-0.39, 0.29) is 37.1 Å². The van der Waals surface area contributed by atoms with Gasteiger partial charge in [0.1, 0.15) is 30.5 Å². The van der Waals surface area contributed by atoms with Gasteiger partial charge in [0.05, 0.1) is 23.8 Å². The Morgan fingerprint density at radius 3 is 2.42 bits per heavy atom. The van der Waals surface area contributed by atoms with Crippen LogP contribution in [0.1, 0.15) is 84.0 Å². The standard InChI is InChI=1S/C41H59N5O7/c1-10-12-18-36(51-9)28(7)38(47)44-37(27(5)6)39(48)43-35(24-30-15-13-16-33(23-30)53-29(8)26(3)4)40(49)46-21-14-17-34(45-46)41(50)52-25-31-19-20-42-32(11-2)22-31/h10-11,13,15-16,19-20,22-23,26-29,34-37,45H,1-2,12,14,17-18,21,24-25H2,3-9H3,(H,43,48)(H,44,47)/t28?,29?,34?,35-,36+,37-/m0/s1. The molecule has 1 fully saturated rings. The topological polar surface area (TPSA) is 148 Å². The molecule has 3 rings (SSSR count). The number of rotatable bonds is 20. The molecule has 290 valence electrons. The number of benzene rings is 1. The Labute approximate surface area is 315 Å². The van der Waals surface area contributed by atoms with Crippen molar-refractivity contribution in [2.24, 2.45) is 17.8 Å². The lowest BCUT2D eigenvalue weighted by atomic mass is 9.96. The molecule has 2 heterocycles. The van der Waals surface area contributed by atoms with Crippen LogP contribution in [0, 0.1) is 17.8 Å². The minimum absolute atomic E-state index is 0.0357. The van der Waals surface area contributed by atoms with Crippen molar-refractivity contribution >= 4 is 29.8 Å². The van der Waals surface area contributed by atoms with Crippen molar-refractivity contribution in [2.45, 2.75) is 111 Å². The van der Waals surface area contributed by atoms with Gasteiger partial charge in [0, 0.05) is 26.3 Å². The summed E-state index contributed by atoms with van der Waals surface area (Å²) in [5, 5.41) is 7.24. The minimum Gasteiger partial charge on any atom is -0.490 e. The lowest BCUT2D eigenvalue weighted by Gasteiger charge is -2.35. The fourth-order valence-corrected chi connectivity index (χ4v) is 5.89. The molecular formula is C41H59N5O7. The number of amides is 3. The van der Waals surface area contributed by atoms with Gasteiger partial charge >= 0.3 is 5.97 Å². The maximum Gasteiger partial charge on any atom is 0.325 e. The molecule has 12 heteroatoms. The van der Waals surface area contributed by atoms with Crippen molar-refractivity contribution in [1.82, 2.24) is 26.1 Å². The van der Waals surface area contributed by atoms with Gasteiger partial charge in [-0.25, -0.2) is 5.43 Å². The molecule has 1 aliphatic rings. The molecule has 0 aliphatic carbocycles. The van der Waals surface area contributed by atoms with Crippen LogP contribution in [0.5, 0.6) is 5.75 Å². The van der Waals surface area contributed by atoms with Crippen LogP contribution in [0.4, 0.5) is 0 Å². The lowest BCUT2D eigenvalue weighted by Crippen LogP contribution is -2.62. The van der Waals surface area contributed by atoms with Gasteiger partial charge in [0.2, 0.25) is 11.8 Å². The first-order chi connectivity index (χ1) is 25.3. The largest absolute Gasteiger partial charge is 0.490 e. The molecule has 1 saturated heterocycles. The van der Waals surface area contributed by atoms with E-state index in [1.165, 1.54) is 5.01 Å². The summed E-state index contributed by atoms with van der Waals surface area (Å²) in [6.45, 7) is 19.4. The van der Waals surface area contributed by atoms with Gasteiger partial charge in [-0.1, -0.05) is 59.4 Å². The highest BCUT2D eigenvalue weighted by atomic mass is 16.5. The van der Waals surface area contributed by atoms with Gasteiger partial charge in [0.25, 0.3) is 5.91 Å². The van der Waals surface area contributed by atoms with Crippen LogP contribution < -0.4 is 20.8 Å². The molecule has 1 aliphatic heterocycles. The van der Waals surface area contributed by atoms with E-state index >= 15 is 0 Å². The summed E-state index contributed by atoms with van der Waals surface area (Å²) in [5.74, 6) is -1.62. The monoisotopic (exact) mass is 733 g/mol. The van der Waals surface area contributed by atoms with Crippen LogP contribution in [0.25, 0.3) is 6.08 Å². The molecule has 53 heavy (non-hydrogen) atoms. The van der Waals surface area contributed by atoms with Gasteiger partial charge in [-0.2, -0.15) is 0 Å². The molecule has 3 unspecified atom stereocenters. The Morgan fingerprint density at radius 2 is 1.75 bits per heavy atom. The van der Waals surface area contributed by atoms with E-state index in [0.29, 0.717) is 49.6 Å². The van der Waals surface area contributed by atoms with Crippen molar-refractivity contribution in [3.05, 3.63) is 78.6 Å². The molecular weight excluding hydrogens is 674 g/mol. The number of pyridine rings is 1. The zero-order valence-corrected chi connectivity index (χ0v) is 32.4. The van der Waals surface area contributed by atoms with Crippen LogP contribution in [-0.2, 0) is 41.7 Å². The van der Waals surface area contributed by atoms with Gasteiger partial charge in [-0.05, 0) is 85.9 Å². The Hall–Kier alpha value is -4.55. The predicted molar refractivity (Wildman–Crippen MR) is 205 cm³/mol. The smallest absolute Gasteiger partial charge is 0.325 e. The zero-order chi connectivity index (χ0) is 39.1. The summed E-state index contributed by atoms with van der Waals surface area (Å²) in [4.78, 5) is 59.0. The molecule has 0 bridgehead atoms. The molecule has 6 atom stereocenters. The number of ether oxygens (including phenoxy) is 3. The number of methoxy groups -OCH3 is 1.